The summed E-state index contributed by atoms with van der Waals surface area (Å²) < 4.78 is 52.3. The topological polar surface area (TPSA) is 95.6 Å². The van der Waals surface area contributed by atoms with Gasteiger partial charge in [0.15, 0.2) is 6.29 Å². The van der Waals surface area contributed by atoms with E-state index in [0.29, 0.717) is 82.9 Å². The molecule has 0 spiro atoms. The zero-order valence-corrected chi connectivity index (χ0v) is 27.6. The van der Waals surface area contributed by atoms with E-state index in [9.17, 15) is 32.3 Å². The fourth-order valence-corrected chi connectivity index (χ4v) is 6.95. The number of carbonyl (C=O) groups excluding carboxylic acids is 2. The summed E-state index contributed by atoms with van der Waals surface area (Å²) in [5, 5.41) is 3.06. The summed E-state index contributed by atoms with van der Waals surface area (Å²) in [6.07, 6.45) is -3.75. The summed E-state index contributed by atoms with van der Waals surface area (Å²) in [6, 6.07) is 26.8. The standard InChI is InChI=1S/C42H26F3NO6/c1-22-17-29(18-23(2)34(22)21-47)51-37(48)19-24-3-10-28(11-4-24)46-40(49)31-13-12-30-33-20-26(25-5-8-27(9-6-25)42(43,44)45)7-15-35(33)52-36-16-14-32(41(46)50)38(31)39(30)36/h3-18,20-21H,19H2,1-2H3. The molecule has 0 saturated carbocycles. The molecule has 0 saturated heterocycles. The van der Waals surface area contributed by atoms with Crippen molar-refractivity contribution in [2.75, 3.05) is 0 Å². The smallest absolute Gasteiger partial charge is 0.416 e. The van der Waals surface area contributed by atoms with Crippen molar-refractivity contribution in [2.24, 2.45) is 0 Å². The molecule has 7 nitrogen and oxygen atoms in total. The first-order valence-corrected chi connectivity index (χ1v) is 16.3. The lowest BCUT2D eigenvalue weighted by atomic mass is 9.95. The van der Waals surface area contributed by atoms with Crippen LogP contribution in [0.25, 0.3) is 60.3 Å². The molecular weight excluding hydrogens is 671 g/mol. The highest BCUT2D eigenvalue weighted by Crippen LogP contribution is 2.39. The third-order valence-electron chi connectivity index (χ3n) is 9.48. The van der Waals surface area contributed by atoms with Crippen LogP contribution in [0.5, 0.6) is 5.75 Å². The Bertz CT molecular complexity index is 2810. The van der Waals surface area contributed by atoms with E-state index < -0.39 is 28.8 Å². The van der Waals surface area contributed by atoms with E-state index in [1.54, 1.807) is 86.6 Å². The van der Waals surface area contributed by atoms with Crippen LogP contribution in [0.3, 0.4) is 0 Å². The number of ether oxygens (including phenoxy) is 1. The van der Waals surface area contributed by atoms with Crippen LogP contribution in [0.15, 0.2) is 117 Å². The van der Waals surface area contributed by atoms with E-state index in [-0.39, 0.29) is 6.42 Å². The van der Waals surface area contributed by atoms with Gasteiger partial charge in [-0.15, -0.1) is 0 Å². The first-order valence-electron chi connectivity index (χ1n) is 16.3. The Morgan fingerprint density at radius 3 is 1.94 bits per heavy atom. The Morgan fingerprint density at radius 1 is 0.712 bits per heavy atom. The maximum atomic E-state index is 14.0. The number of alkyl halides is 3. The fourth-order valence-electron chi connectivity index (χ4n) is 6.95. The number of esters is 1. The van der Waals surface area contributed by atoms with Gasteiger partial charge < -0.3 is 9.15 Å². The van der Waals surface area contributed by atoms with Crippen LogP contribution in [0.4, 0.5) is 13.2 Å². The predicted octanol–water partition coefficient (Wildman–Crippen LogP) is 9.10. The number of hydrogen-bond acceptors (Lipinski definition) is 6. The Labute approximate surface area is 292 Å². The van der Waals surface area contributed by atoms with Crippen LogP contribution >= 0.6 is 0 Å². The second kappa shape index (κ2) is 12.1. The van der Waals surface area contributed by atoms with Gasteiger partial charge in [0.25, 0.3) is 11.1 Å². The van der Waals surface area contributed by atoms with Gasteiger partial charge in [-0.3, -0.25) is 19.2 Å². The lowest BCUT2D eigenvalue weighted by Gasteiger charge is -2.15. The third kappa shape index (κ3) is 5.40. The summed E-state index contributed by atoms with van der Waals surface area (Å²) in [7, 11) is 0. The van der Waals surface area contributed by atoms with Gasteiger partial charge in [0, 0.05) is 32.5 Å². The molecule has 0 radical (unpaired) electrons. The van der Waals surface area contributed by atoms with Gasteiger partial charge >= 0.3 is 12.1 Å². The molecule has 0 N–H and O–H groups in total. The number of nitrogens with zero attached hydrogens (tertiary/aromatic N) is 1. The fraction of sp³-hybridized carbons (Fsp3) is 0.0952. The van der Waals surface area contributed by atoms with Crippen LogP contribution < -0.4 is 15.9 Å². The zero-order chi connectivity index (χ0) is 36.5. The highest BCUT2D eigenvalue weighted by Gasteiger charge is 2.30. The minimum atomic E-state index is -4.45. The maximum Gasteiger partial charge on any atom is 0.416 e. The average Bonchev–Trinajstić information content (AvgIpc) is 3.11. The minimum Gasteiger partial charge on any atom is -0.456 e. The van der Waals surface area contributed by atoms with Gasteiger partial charge in [0.2, 0.25) is 0 Å². The Hall–Kier alpha value is -6.55. The number of aldehydes is 1. The lowest BCUT2D eigenvalue weighted by Crippen LogP contribution is -2.31. The maximum absolute atomic E-state index is 14.0. The summed E-state index contributed by atoms with van der Waals surface area (Å²) in [6.45, 7) is 3.53. The number of rotatable bonds is 6. The van der Waals surface area contributed by atoms with E-state index in [2.05, 4.69) is 0 Å². The van der Waals surface area contributed by atoms with Crippen molar-refractivity contribution in [3.63, 3.8) is 0 Å². The minimum absolute atomic E-state index is 0.0640. The molecule has 52 heavy (non-hydrogen) atoms. The molecule has 8 rings (SSSR count). The summed E-state index contributed by atoms with van der Waals surface area (Å²) >= 11 is 0. The number of fused-ring (bicyclic) bond motifs is 2. The average molecular weight is 698 g/mol. The van der Waals surface area contributed by atoms with E-state index in [1.165, 1.54) is 12.1 Å². The van der Waals surface area contributed by atoms with Crippen LogP contribution in [-0.4, -0.2) is 16.8 Å². The first-order chi connectivity index (χ1) is 24.9. The molecule has 0 bridgehead atoms. The number of aromatic nitrogens is 1. The van der Waals surface area contributed by atoms with Gasteiger partial charge in [-0.2, -0.15) is 13.2 Å². The normalized spacial score (nSPS) is 11.9. The van der Waals surface area contributed by atoms with Crippen molar-refractivity contribution in [3.8, 4) is 22.6 Å². The van der Waals surface area contributed by atoms with Crippen molar-refractivity contribution in [3.05, 3.63) is 152 Å². The first kappa shape index (κ1) is 32.6. The van der Waals surface area contributed by atoms with Gasteiger partial charge in [-0.1, -0.05) is 36.4 Å². The van der Waals surface area contributed by atoms with Gasteiger partial charge in [0.05, 0.1) is 17.7 Å². The van der Waals surface area contributed by atoms with E-state index in [4.69, 9.17) is 9.15 Å². The molecule has 0 fully saturated rings. The molecule has 10 heteroatoms. The molecule has 8 aromatic rings. The molecule has 2 heterocycles. The number of benzene rings is 6. The van der Waals surface area contributed by atoms with Gasteiger partial charge in [0.1, 0.15) is 16.9 Å². The number of halogens is 3. The van der Waals surface area contributed by atoms with Crippen molar-refractivity contribution >= 4 is 55.7 Å². The quantitative estimate of drug-likeness (QED) is 0.0566. The van der Waals surface area contributed by atoms with Crippen molar-refractivity contribution in [2.45, 2.75) is 26.4 Å². The van der Waals surface area contributed by atoms with Crippen LogP contribution in [-0.2, 0) is 17.4 Å². The van der Waals surface area contributed by atoms with E-state index in [1.807, 2.05) is 6.07 Å². The van der Waals surface area contributed by atoms with Gasteiger partial charge in [-0.05, 0) is 114 Å². The second-order valence-corrected chi connectivity index (χ2v) is 12.8. The molecule has 0 aliphatic heterocycles. The molecule has 0 aliphatic carbocycles. The molecule has 0 unspecified atom stereocenters. The number of aryl methyl sites for hydroxylation is 2. The Morgan fingerprint density at radius 2 is 1.31 bits per heavy atom. The van der Waals surface area contributed by atoms with Crippen LogP contribution in [0.1, 0.15) is 32.6 Å². The Balaban J connectivity index is 1.15. The van der Waals surface area contributed by atoms with Crippen LogP contribution in [0.2, 0.25) is 0 Å². The monoisotopic (exact) mass is 697 g/mol. The highest BCUT2D eigenvalue weighted by molar-refractivity contribution is 6.26. The summed E-state index contributed by atoms with van der Waals surface area (Å²) in [5.41, 5.74) is 3.35. The number of hydrogen-bond donors (Lipinski definition) is 0. The van der Waals surface area contributed by atoms with Crippen LogP contribution in [0, 0.1) is 13.8 Å². The molecule has 6 aromatic carbocycles. The predicted molar refractivity (Wildman–Crippen MR) is 193 cm³/mol. The highest BCUT2D eigenvalue weighted by atomic mass is 19.4. The molecule has 2 aromatic heterocycles. The second-order valence-electron chi connectivity index (χ2n) is 12.8. The largest absolute Gasteiger partial charge is 0.456 e. The zero-order valence-electron chi connectivity index (χ0n) is 27.6. The third-order valence-corrected chi connectivity index (χ3v) is 9.48. The van der Waals surface area contributed by atoms with E-state index >= 15 is 0 Å². The number of pyridine rings is 1. The molecule has 0 aliphatic rings. The molecule has 256 valence electrons. The van der Waals surface area contributed by atoms with Crippen molar-refractivity contribution in [1.82, 2.24) is 4.57 Å². The molecule has 0 atom stereocenters. The van der Waals surface area contributed by atoms with E-state index in [0.717, 1.165) is 28.4 Å². The molecular formula is C42H26F3NO6. The van der Waals surface area contributed by atoms with Crippen molar-refractivity contribution in [1.29, 1.82) is 0 Å². The summed E-state index contributed by atoms with van der Waals surface area (Å²) in [5.74, 6) is -0.182. The van der Waals surface area contributed by atoms with Crippen molar-refractivity contribution < 1.29 is 31.9 Å². The number of carbonyl (C=O) groups is 2. The Kier molecular flexibility index (Phi) is 7.56. The van der Waals surface area contributed by atoms with Gasteiger partial charge in [-0.25, -0.2) is 4.57 Å². The SMILES string of the molecule is Cc1cc(OC(=O)Cc2ccc(-n3c(=O)c4ccc5oc6ccc(-c7ccc(C(F)(F)F)cc7)cc6c6ccc(c3=O)c4c56)cc2)cc(C)c1C=O. The lowest BCUT2D eigenvalue weighted by molar-refractivity contribution is -0.137. The summed E-state index contributed by atoms with van der Waals surface area (Å²) in [4.78, 5) is 52.0. The molecule has 0 amide bonds.